The lowest BCUT2D eigenvalue weighted by Crippen LogP contribution is -2.39. The number of likely N-dealkylation sites (tertiary alicyclic amines) is 1. The number of hydrogen-bond donors (Lipinski definition) is 0. The van der Waals surface area contributed by atoms with Crippen LogP contribution in [0.3, 0.4) is 0 Å². The number of ether oxygens (including phenoxy) is 1. The molecular formula is C16H19NO3. The van der Waals surface area contributed by atoms with Gasteiger partial charge in [0.15, 0.2) is 0 Å². The molecule has 106 valence electrons. The summed E-state index contributed by atoms with van der Waals surface area (Å²) in [7, 11) is 0. The Morgan fingerprint density at radius 3 is 2.30 bits per heavy atom. The molecule has 20 heavy (non-hydrogen) atoms. The van der Waals surface area contributed by atoms with Crippen LogP contribution >= 0.6 is 0 Å². The first-order valence-corrected chi connectivity index (χ1v) is 7.87. The summed E-state index contributed by atoms with van der Waals surface area (Å²) < 4.78 is 5.59. The molecule has 5 atom stereocenters. The van der Waals surface area contributed by atoms with Crippen LogP contribution in [0.2, 0.25) is 0 Å². The monoisotopic (exact) mass is 273 g/mol. The molecular weight excluding hydrogens is 254 g/mol. The highest BCUT2D eigenvalue weighted by atomic mass is 16.5. The van der Waals surface area contributed by atoms with Crippen molar-refractivity contribution in [2.75, 3.05) is 13.2 Å². The van der Waals surface area contributed by atoms with E-state index in [9.17, 15) is 9.59 Å². The van der Waals surface area contributed by atoms with Crippen LogP contribution < -0.4 is 0 Å². The molecule has 4 heteroatoms. The highest BCUT2D eigenvalue weighted by Crippen LogP contribution is 2.73. The Kier molecular flexibility index (Phi) is 2.03. The van der Waals surface area contributed by atoms with Crippen LogP contribution in [-0.4, -0.2) is 36.0 Å². The average molecular weight is 273 g/mol. The molecule has 3 aliphatic carbocycles. The van der Waals surface area contributed by atoms with Gasteiger partial charge in [-0.15, -0.1) is 0 Å². The van der Waals surface area contributed by atoms with Gasteiger partial charge in [-0.1, -0.05) is 12.2 Å². The lowest BCUT2D eigenvalue weighted by molar-refractivity contribution is -0.143. The Hall–Kier alpha value is -1.16. The maximum absolute atomic E-state index is 12.7. The number of imide groups is 1. The fourth-order valence-electron chi connectivity index (χ4n) is 5.31. The number of amides is 2. The van der Waals surface area contributed by atoms with Crippen molar-refractivity contribution in [2.24, 2.45) is 29.1 Å². The van der Waals surface area contributed by atoms with E-state index in [1.807, 2.05) is 0 Å². The Labute approximate surface area is 118 Å². The van der Waals surface area contributed by atoms with Gasteiger partial charge in [-0.2, -0.15) is 0 Å². The largest absolute Gasteiger partial charge is 0.376 e. The molecule has 0 aromatic rings. The van der Waals surface area contributed by atoms with E-state index in [2.05, 4.69) is 12.2 Å². The molecule has 0 radical (unpaired) electrons. The summed E-state index contributed by atoms with van der Waals surface area (Å²) in [5.74, 6) is 0.729. The molecule has 5 rings (SSSR count). The van der Waals surface area contributed by atoms with Gasteiger partial charge in [0, 0.05) is 6.61 Å². The molecule has 2 heterocycles. The van der Waals surface area contributed by atoms with Crippen molar-refractivity contribution in [2.45, 2.75) is 31.8 Å². The number of allylic oxidation sites excluding steroid dienone is 2. The van der Waals surface area contributed by atoms with Gasteiger partial charge < -0.3 is 4.74 Å². The van der Waals surface area contributed by atoms with Crippen molar-refractivity contribution in [3.05, 3.63) is 12.2 Å². The highest BCUT2D eigenvalue weighted by Gasteiger charge is 2.73. The predicted octanol–water partition coefficient (Wildman–Crippen LogP) is 1.36. The van der Waals surface area contributed by atoms with Gasteiger partial charge in [0.2, 0.25) is 11.8 Å². The quantitative estimate of drug-likeness (QED) is 0.564. The predicted molar refractivity (Wildman–Crippen MR) is 70.5 cm³/mol. The number of fused-ring (bicyclic) bond motifs is 3. The second-order valence-corrected chi connectivity index (χ2v) is 7.14. The molecule has 1 spiro atoms. The third-order valence-electron chi connectivity index (χ3n) is 6.35. The van der Waals surface area contributed by atoms with Crippen LogP contribution in [0.5, 0.6) is 0 Å². The van der Waals surface area contributed by atoms with E-state index in [0.29, 0.717) is 23.8 Å². The topological polar surface area (TPSA) is 46.6 Å². The zero-order chi connectivity index (χ0) is 13.5. The van der Waals surface area contributed by atoms with Crippen LogP contribution in [-0.2, 0) is 14.3 Å². The van der Waals surface area contributed by atoms with E-state index in [1.54, 1.807) is 0 Å². The van der Waals surface area contributed by atoms with Crippen molar-refractivity contribution < 1.29 is 14.3 Å². The fraction of sp³-hybridized carbons (Fsp3) is 0.750. The van der Waals surface area contributed by atoms with Crippen LogP contribution in [0.15, 0.2) is 12.2 Å². The minimum Gasteiger partial charge on any atom is -0.376 e. The van der Waals surface area contributed by atoms with Crippen LogP contribution in [0.25, 0.3) is 0 Å². The highest BCUT2D eigenvalue weighted by molar-refractivity contribution is 6.06. The Morgan fingerprint density at radius 2 is 1.80 bits per heavy atom. The molecule has 0 aromatic carbocycles. The molecule has 2 saturated carbocycles. The van der Waals surface area contributed by atoms with E-state index in [4.69, 9.17) is 4.74 Å². The molecule has 0 unspecified atom stereocenters. The van der Waals surface area contributed by atoms with Crippen LogP contribution in [0.4, 0.5) is 0 Å². The lowest BCUT2D eigenvalue weighted by Gasteiger charge is -2.23. The number of rotatable bonds is 2. The first kappa shape index (κ1) is 11.5. The van der Waals surface area contributed by atoms with Crippen molar-refractivity contribution in [1.29, 1.82) is 0 Å². The smallest absolute Gasteiger partial charge is 0.233 e. The molecule has 2 amide bonds. The van der Waals surface area contributed by atoms with Crippen LogP contribution in [0, 0.1) is 29.1 Å². The summed E-state index contributed by atoms with van der Waals surface area (Å²) in [6.07, 6.45) is 8.94. The number of nitrogens with zero attached hydrogens (tertiary/aromatic N) is 1. The zero-order valence-electron chi connectivity index (χ0n) is 11.5. The van der Waals surface area contributed by atoms with Crippen molar-refractivity contribution in [3.63, 3.8) is 0 Å². The molecule has 2 bridgehead atoms. The standard InChI is InChI=1S/C16H19NO3/c18-14-12-10-3-4-11(16(10)5-6-16)13(12)15(19)17(14)8-9-2-1-7-20-9/h3-4,9-13H,1-2,5-8H2/t9-,10+,11+,12-,13+/m0/s1. The molecule has 2 saturated heterocycles. The normalized spacial score (nSPS) is 46.8. The van der Waals surface area contributed by atoms with Crippen molar-refractivity contribution in [3.8, 4) is 0 Å². The first-order chi connectivity index (χ1) is 9.72. The number of carbonyl (C=O) groups is 2. The summed E-state index contributed by atoms with van der Waals surface area (Å²) in [6.45, 7) is 1.25. The lowest BCUT2D eigenvalue weighted by atomic mass is 9.85. The number of hydrogen-bond acceptors (Lipinski definition) is 3. The van der Waals surface area contributed by atoms with Gasteiger partial charge in [-0.05, 0) is 42.9 Å². The maximum atomic E-state index is 12.7. The molecule has 4 fully saturated rings. The summed E-state index contributed by atoms with van der Waals surface area (Å²) >= 11 is 0. The molecule has 2 aliphatic heterocycles. The Bertz CT molecular complexity index is 496. The maximum Gasteiger partial charge on any atom is 0.233 e. The van der Waals surface area contributed by atoms with Gasteiger partial charge in [0.1, 0.15) is 0 Å². The minimum atomic E-state index is -0.0543. The van der Waals surface area contributed by atoms with Gasteiger partial charge >= 0.3 is 0 Å². The Balaban J connectivity index is 1.44. The number of carbonyl (C=O) groups excluding carboxylic acids is 2. The van der Waals surface area contributed by atoms with E-state index in [0.717, 1.165) is 19.4 Å². The molecule has 4 nitrogen and oxygen atoms in total. The van der Waals surface area contributed by atoms with Gasteiger partial charge in [-0.3, -0.25) is 14.5 Å². The summed E-state index contributed by atoms with van der Waals surface area (Å²) in [6, 6.07) is 0. The summed E-state index contributed by atoms with van der Waals surface area (Å²) in [4.78, 5) is 26.9. The second kappa shape index (κ2) is 3.53. The zero-order valence-corrected chi connectivity index (χ0v) is 11.5. The summed E-state index contributed by atoms with van der Waals surface area (Å²) in [5, 5.41) is 0. The third kappa shape index (κ3) is 1.18. The van der Waals surface area contributed by atoms with Gasteiger partial charge in [0.25, 0.3) is 0 Å². The van der Waals surface area contributed by atoms with E-state index in [-0.39, 0.29) is 29.8 Å². The van der Waals surface area contributed by atoms with E-state index < -0.39 is 0 Å². The van der Waals surface area contributed by atoms with E-state index in [1.165, 1.54) is 17.7 Å². The average Bonchev–Trinajstić information content (AvgIpc) is 2.73. The van der Waals surface area contributed by atoms with Crippen molar-refractivity contribution in [1.82, 2.24) is 4.90 Å². The van der Waals surface area contributed by atoms with Gasteiger partial charge in [-0.25, -0.2) is 0 Å². The fourth-order valence-corrected chi connectivity index (χ4v) is 5.31. The van der Waals surface area contributed by atoms with Gasteiger partial charge in [0.05, 0.1) is 24.5 Å². The van der Waals surface area contributed by atoms with Crippen LogP contribution in [0.1, 0.15) is 25.7 Å². The SMILES string of the molecule is O=C1[C@@H]2[C@H](C(=O)N1C[C@@H]1CCCO1)[C@H]1C=C[C@H]2C12CC2. The van der Waals surface area contributed by atoms with Crippen molar-refractivity contribution >= 4 is 11.8 Å². The molecule has 5 aliphatic rings. The Morgan fingerprint density at radius 1 is 1.15 bits per heavy atom. The molecule has 0 aromatic heterocycles. The third-order valence-corrected chi connectivity index (χ3v) is 6.35. The second-order valence-electron chi connectivity index (χ2n) is 7.14. The summed E-state index contributed by atoms with van der Waals surface area (Å²) in [5.41, 5.74) is 0.302. The van der Waals surface area contributed by atoms with E-state index >= 15 is 0 Å². The minimum absolute atomic E-state index is 0.0543. The molecule has 0 N–H and O–H groups in total. The first-order valence-electron chi connectivity index (χ1n) is 7.87.